The molecule has 0 saturated carbocycles. The van der Waals surface area contributed by atoms with Crippen LogP contribution in [0.4, 0.5) is 0 Å². The molecule has 0 aliphatic rings. The van der Waals surface area contributed by atoms with Gasteiger partial charge < -0.3 is 5.73 Å². The molecule has 0 atom stereocenters. The summed E-state index contributed by atoms with van der Waals surface area (Å²) in [6, 6.07) is 30.3. The van der Waals surface area contributed by atoms with Crippen molar-refractivity contribution in [1.29, 1.82) is 0 Å². The number of amides is 1. The third-order valence-corrected chi connectivity index (χ3v) is 8.74. The molecule has 1 amide bonds. The topological polar surface area (TPSA) is 60.2 Å². The molecule has 0 aliphatic carbocycles. The van der Waals surface area contributed by atoms with E-state index in [2.05, 4.69) is 36.4 Å². The number of primary amides is 1. The predicted molar refractivity (Wildman–Crippen MR) is 109 cm³/mol. The number of carbonyl (C=O) groups is 2. The third-order valence-electron chi connectivity index (χ3n) is 4.38. The molecule has 0 aliphatic heterocycles. The van der Waals surface area contributed by atoms with E-state index in [1.54, 1.807) is 0 Å². The second-order valence-corrected chi connectivity index (χ2v) is 9.64. The molecule has 0 radical (unpaired) electrons. The summed E-state index contributed by atoms with van der Waals surface area (Å²) in [6.45, 7) is 0. The quantitative estimate of drug-likeness (QED) is 0.518. The SMILES string of the molecule is NC(=O)CC(=O)C[P+](c1ccccc1)(c1ccccc1)c1ccccc1. The van der Waals surface area contributed by atoms with Crippen LogP contribution < -0.4 is 21.6 Å². The number of carbonyl (C=O) groups excluding carboxylic acids is 2. The Morgan fingerprint density at radius 1 is 0.654 bits per heavy atom. The molecular weight excluding hydrogens is 341 g/mol. The summed E-state index contributed by atoms with van der Waals surface area (Å²) in [7, 11) is -2.22. The van der Waals surface area contributed by atoms with Crippen molar-refractivity contribution in [1.82, 2.24) is 0 Å². The minimum absolute atomic E-state index is 0.123. The summed E-state index contributed by atoms with van der Waals surface area (Å²) >= 11 is 0. The number of hydrogen-bond acceptors (Lipinski definition) is 2. The highest BCUT2D eigenvalue weighted by Gasteiger charge is 2.47. The van der Waals surface area contributed by atoms with E-state index in [0.29, 0.717) is 0 Å². The van der Waals surface area contributed by atoms with Crippen LogP contribution in [0.5, 0.6) is 0 Å². The molecule has 3 aromatic rings. The van der Waals surface area contributed by atoms with E-state index in [1.807, 2.05) is 54.6 Å². The molecule has 0 spiro atoms. The average molecular weight is 362 g/mol. The number of ketones is 1. The van der Waals surface area contributed by atoms with E-state index in [4.69, 9.17) is 5.73 Å². The Morgan fingerprint density at radius 3 is 1.31 bits per heavy atom. The first-order valence-electron chi connectivity index (χ1n) is 8.48. The summed E-state index contributed by atoms with van der Waals surface area (Å²) in [5.41, 5.74) is 5.28. The van der Waals surface area contributed by atoms with Gasteiger partial charge >= 0.3 is 0 Å². The maximum Gasteiger partial charge on any atom is 0.225 e. The van der Waals surface area contributed by atoms with Crippen molar-refractivity contribution in [3.8, 4) is 0 Å². The minimum atomic E-state index is -2.22. The van der Waals surface area contributed by atoms with E-state index in [-0.39, 0.29) is 18.4 Å². The molecule has 3 rings (SSSR count). The molecule has 4 heteroatoms. The van der Waals surface area contributed by atoms with Crippen LogP contribution in [0.3, 0.4) is 0 Å². The van der Waals surface area contributed by atoms with Crippen LogP contribution in [-0.4, -0.2) is 17.9 Å². The summed E-state index contributed by atoms with van der Waals surface area (Å²) in [4.78, 5) is 24.0. The highest BCUT2D eigenvalue weighted by atomic mass is 31.2. The molecule has 0 saturated heterocycles. The zero-order chi connectivity index (χ0) is 18.4. The molecule has 2 N–H and O–H groups in total. The van der Waals surface area contributed by atoms with Gasteiger partial charge in [0.05, 0.1) is 6.42 Å². The summed E-state index contributed by atoms with van der Waals surface area (Å²) in [5, 5.41) is 3.36. The van der Waals surface area contributed by atoms with Gasteiger partial charge in [0, 0.05) is 0 Å². The van der Waals surface area contributed by atoms with Crippen LogP contribution in [0.25, 0.3) is 0 Å². The summed E-state index contributed by atoms with van der Waals surface area (Å²) in [6.07, 6.45) is 0.0578. The fourth-order valence-electron chi connectivity index (χ4n) is 3.28. The van der Waals surface area contributed by atoms with Crippen LogP contribution in [0.2, 0.25) is 0 Å². The van der Waals surface area contributed by atoms with Gasteiger partial charge in [0.1, 0.15) is 29.3 Å². The second-order valence-electron chi connectivity index (χ2n) is 6.16. The van der Waals surface area contributed by atoms with E-state index in [9.17, 15) is 9.59 Å². The molecule has 3 aromatic carbocycles. The van der Waals surface area contributed by atoms with Gasteiger partial charge in [0.2, 0.25) is 5.91 Å². The number of Topliss-reactive ketones (excluding diaryl/α,β-unsaturated/α-hetero) is 1. The maximum absolute atomic E-state index is 12.7. The van der Waals surface area contributed by atoms with Gasteiger partial charge in [-0.15, -0.1) is 0 Å². The van der Waals surface area contributed by atoms with Crippen molar-refractivity contribution >= 4 is 34.9 Å². The summed E-state index contributed by atoms with van der Waals surface area (Å²) in [5.74, 6) is -0.704. The molecule has 0 unspecified atom stereocenters. The number of benzene rings is 3. The Balaban J connectivity index is 2.24. The van der Waals surface area contributed by atoms with Crippen molar-refractivity contribution in [2.75, 3.05) is 6.16 Å². The predicted octanol–water partition coefficient (Wildman–Crippen LogP) is 2.42. The Hall–Kier alpha value is -2.77. The van der Waals surface area contributed by atoms with Crippen molar-refractivity contribution in [3.05, 3.63) is 91.0 Å². The van der Waals surface area contributed by atoms with Crippen LogP contribution in [0.15, 0.2) is 91.0 Å². The Morgan fingerprint density at radius 2 is 1.00 bits per heavy atom. The fourth-order valence-corrected chi connectivity index (χ4v) is 7.41. The number of nitrogens with two attached hydrogens (primary N) is 1. The second kappa shape index (κ2) is 8.07. The lowest BCUT2D eigenvalue weighted by atomic mass is 10.3. The largest absolute Gasteiger partial charge is 0.369 e. The summed E-state index contributed by atoms with van der Waals surface area (Å²) < 4.78 is 0. The fraction of sp³-hybridized carbons (Fsp3) is 0.0909. The molecule has 130 valence electrons. The Kier molecular flexibility index (Phi) is 5.60. The van der Waals surface area contributed by atoms with Gasteiger partial charge in [-0.25, -0.2) is 0 Å². The highest BCUT2D eigenvalue weighted by molar-refractivity contribution is 7.96. The van der Waals surface area contributed by atoms with Crippen LogP contribution >= 0.6 is 7.26 Å². The zero-order valence-corrected chi connectivity index (χ0v) is 15.3. The van der Waals surface area contributed by atoms with E-state index < -0.39 is 13.2 Å². The van der Waals surface area contributed by atoms with Gasteiger partial charge in [-0.1, -0.05) is 54.6 Å². The van der Waals surface area contributed by atoms with Crippen LogP contribution in [-0.2, 0) is 9.59 Å². The van der Waals surface area contributed by atoms with Crippen LogP contribution in [0, 0.1) is 0 Å². The van der Waals surface area contributed by atoms with Crippen molar-refractivity contribution in [3.63, 3.8) is 0 Å². The molecule has 3 nitrogen and oxygen atoms in total. The van der Waals surface area contributed by atoms with Gasteiger partial charge in [0.15, 0.2) is 5.78 Å². The standard InChI is InChI=1S/C22H20NO2P/c23-22(25)16-18(24)17-26(19-10-4-1-5-11-19,20-12-6-2-7-13-20)21-14-8-3-9-15-21/h1-15H,16-17H2,(H-,23,25)/p+1. The van der Waals surface area contributed by atoms with Crippen molar-refractivity contribution in [2.24, 2.45) is 5.73 Å². The molecule has 0 fully saturated rings. The normalized spacial score (nSPS) is 11.1. The maximum atomic E-state index is 12.7. The molecule has 26 heavy (non-hydrogen) atoms. The highest BCUT2D eigenvalue weighted by Crippen LogP contribution is 2.55. The molecule has 0 heterocycles. The average Bonchev–Trinajstić information content (AvgIpc) is 2.67. The smallest absolute Gasteiger partial charge is 0.225 e. The number of rotatable bonds is 7. The van der Waals surface area contributed by atoms with E-state index >= 15 is 0 Å². The first-order valence-corrected chi connectivity index (χ1v) is 10.5. The van der Waals surface area contributed by atoms with E-state index in [1.165, 1.54) is 0 Å². The van der Waals surface area contributed by atoms with E-state index in [0.717, 1.165) is 15.9 Å². The molecule has 0 aromatic heterocycles. The van der Waals surface area contributed by atoms with Crippen molar-refractivity contribution in [2.45, 2.75) is 6.42 Å². The molecule has 0 bridgehead atoms. The zero-order valence-electron chi connectivity index (χ0n) is 14.4. The lowest BCUT2D eigenvalue weighted by Crippen LogP contribution is -2.36. The number of hydrogen-bond donors (Lipinski definition) is 1. The first-order chi connectivity index (χ1) is 12.6. The Bertz CT molecular complexity index is 783. The van der Waals surface area contributed by atoms with Gasteiger partial charge in [-0.2, -0.15) is 0 Å². The van der Waals surface area contributed by atoms with Crippen molar-refractivity contribution < 1.29 is 9.59 Å². The minimum Gasteiger partial charge on any atom is -0.369 e. The first kappa shape index (κ1) is 18.0. The third kappa shape index (κ3) is 3.74. The lowest BCUT2D eigenvalue weighted by Gasteiger charge is -2.27. The van der Waals surface area contributed by atoms with Gasteiger partial charge in [0.25, 0.3) is 0 Å². The lowest BCUT2D eigenvalue weighted by molar-refractivity contribution is -0.125. The van der Waals surface area contributed by atoms with Gasteiger partial charge in [-0.05, 0) is 36.4 Å². The monoisotopic (exact) mass is 362 g/mol. The molecular formula is C22H21NO2P+. The van der Waals surface area contributed by atoms with Crippen LogP contribution in [0.1, 0.15) is 6.42 Å². The Labute approximate surface area is 154 Å². The van der Waals surface area contributed by atoms with Gasteiger partial charge in [-0.3, -0.25) is 9.59 Å².